The van der Waals surface area contributed by atoms with Crippen LogP contribution in [0.15, 0.2) is 24.3 Å². The fraction of sp³-hybridized carbons (Fsp3) is 0.458. The molecule has 1 aliphatic carbocycles. The molecule has 1 aromatic carbocycles. The molecule has 5 rings (SSSR count). The Kier molecular flexibility index (Phi) is 6.35. The number of amides is 1. The van der Waals surface area contributed by atoms with E-state index >= 15 is 0 Å². The molecule has 0 atom stereocenters. The maximum atomic E-state index is 13.5. The van der Waals surface area contributed by atoms with Crippen LogP contribution in [0.2, 0.25) is 5.02 Å². The summed E-state index contributed by atoms with van der Waals surface area (Å²) in [6.45, 7) is 0.979. The highest BCUT2D eigenvalue weighted by atomic mass is 35.5. The number of carbonyl (C=O) groups is 1. The molecule has 0 spiro atoms. The van der Waals surface area contributed by atoms with Gasteiger partial charge in [0.25, 0.3) is 5.91 Å². The minimum atomic E-state index is -4.55. The first-order chi connectivity index (χ1) is 16.7. The van der Waals surface area contributed by atoms with Crippen molar-refractivity contribution >= 4 is 34.1 Å². The molecular weight excluding hydrogens is 483 g/mol. The molecule has 3 heterocycles. The van der Waals surface area contributed by atoms with E-state index < -0.39 is 11.9 Å². The van der Waals surface area contributed by atoms with Gasteiger partial charge in [-0.25, -0.2) is 4.98 Å². The van der Waals surface area contributed by atoms with Crippen molar-refractivity contribution in [1.29, 1.82) is 0 Å². The Morgan fingerprint density at radius 1 is 1.23 bits per heavy atom. The monoisotopic (exact) mass is 507 g/mol. The molecule has 35 heavy (non-hydrogen) atoms. The molecule has 1 fully saturated rings. The lowest BCUT2D eigenvalue weighted by atomic mass is 9.89. The number of carbonyl (C=O) groups excluding carboxylic acids is 1. The molecule has 7 nitrogen and oxygen atoms in total. The van der Waals surface area contributed by atoms with Gasteiger partial charge in [-0.1, -0.05) is 11.6 Å². The van der Waals surface area contributed by atoms with Gasteiger partial charge in [0, 0.05) is 52.9 Å². The highest BCUT2D eigenvalue weighted by Gasteiger charge is 2.35. The van der Waals surface area contributed by atoms with Gasteiger partial charge in [-0.3, -0.25) is 9.89 Å². The molecule has 2 aromatic heterocycles. The summed E-state index contributed by atoms with van der Waals surface area (Å²) in [5.74, 6) is -0.227. The van der Waals surface area contributed by atoms with Crippen molar-refractivity contribution in [1.82, 2.24) is 20.5 Å². The van der Waals surface area contributed by atoms with E-state index in [1.807, 2.05) is 4.90 Å². The van der Waals surface area contributed by atoms with Gasteiger partial charge in [0.15, 0.2) is 5.69 Å². The standard InChI is InChI=1S/C24H25ClF3N5O2/c1-33(20-11-21(24(26,27)28)30-18-7-2-13(25)10-16(18)20)15-5-3-14(4-6-15)29-23(34)22-17-12-35-9-8-19(17)31-32-22/h2,7,10-11,14-15H,3-6,8-9,12H2,1H3,(H,29,34)(H,31,32). The van der Waals surface area contributed by atoms with Crippen LogP contribution in [-0.4, -0.2) is 46.8 Å². The Morgan fingerprint density at radius 3 is 2.74 bits per heavy atom. The van der Waals surface area contributed by atoms with E-state index in [0.717, 1.165) is 30.2 Å². The molecular formula is C24H25ClF3N5O2. The number of pyridine rings is 1. The summed E-state index contributed by atoms with van der Waals surface area (Å²) in [6, 6.07) is 5.77. The third kappa shape index (κ3) is 4.81. The molecule has 3 aromatic rings. The summed E-state index contributed by atoms with van der Waals surface area (Å²) in [6.07, 6.45) is -0.997. The molecule has 1 amide bonds. The SMILES string of the molecule is CN(c1cc(C(F)(F)F)nc2ccc(Cl)cc12)C1CCC(NC(=O)c2n[nH]c3c2COCC3)CC1. The van der Waals surface area contributed by atoms with E-state index in [1.165, 1.54) is 12.1 Å². The first kappa shape index (κ1) is 23.9. The summed E-state index contributed by atoms with van der Waals surface area (Å²) in [7, 11) is 1.80. The number of nitrogens with one attached hydrogen (secondary N) is 2. The second-order valence-corrected chi connectivity index (χ2v) is 9.54. The van der Waals surface area contributed by atoms with Crippen molar-refractivity contribution in [3.63, 3.8) is 0 Å². The van der Waals surface area contributed by atoms with Crippen molar-refractivity contribution in [2.24, 2.45) is 0 Å². The van der Waals surface area contributed by atoms with Crippen molar-refractivity contribution in [2.45, 2.75) is 57.0 Å². The number of hydrogen-bond acceptors (Lipinski definition) is 5. The number of rotatable bonds is 4. The number of benzene rings is 1. The lowest BCUT2D eigenvalue weighted by molar-refractivity contribution is -0.140. The number of hydrogen-bond donors (Lipinski definition) is 2. The number of alkyl halides is 3. The molecule has 0 unspecified atom stereocenters. The molecule has 1 aliphatic heterocycles. The van der Waals surface area contributed by atoms with Crippen LogP contribution in [0.5, 0.6) is 0 Å². The van der Waals surface area contributed by atoms with Crippen LogP contribution in [0.25, 0.3) is 10.9 Å². The smallest absolute Gasteiger partial charge is 0.376 e. The lowest BCUT2D eigenvalue weighted by Crippen LogP contribution is -2.43. The van der Waals surface area contributed by atoms with Gasteiger partial charge in [-0.15, -0.1) is 0 Å². The second kappa shape index (κ2) is 9.31. The quantitative estimate of drug-likeness (QED) is 0.526. The summed E-state index contributed by atoms with van der Waals surface area (Å²) in [4.78, 5) is 18.5. The summed E-state index contributed by atoms with van der Waals surface area (Å²) in [5.41, 5.74) is 1.89. The predicted molar refractivity (Wildman–Crippen MR) is 126 cm³/mol. The first-order valence-electron chi connectivity index (χ1n) is 11.6. The van der Waals surface area contributed by atoms with Crippen LogP contribution in [0.1, 0.15) is 53.1 Å². The van der Waals surface area contributed by atoms with Gasteiger partial charge in [-0.2, -0.15) is 18.3 Å². The number of anilines is 1. The summed E-state index contributed by atoms with van der Waals surface area (Å²) >= 11 is 6.14. The number of aromatic amines is 1. The average Bonchev–Trinajstić information content (AvgIpc) is 3.27. The van der Waals surface area contributed by atoms with E-state index in [-0.39, 0.29) is 23.5 Å². The Bertz CT molecular complexity index is 1250. The number of halogens is 4. The molecule has 1 saturated carbocycles. The van der Waals surface area contributed by atoms with Crippen LogP contribution in [-0.2, 0) is 23.9 Å². The van der Waals surface area contributed by atoms with Gasteiger partial charge in [0.05, 0.1) is 18.7 Å². The third-order valence-electron chi connectivity index (χ3n) is 6.91. The summed E-state index contributed by atoms with van der Waals surface area (Å²) < 4.78 is 46.0. The first-order valence-corrected chi connectivity index (χ1v) is 11.9. The molecule has 11 heteroatoms. The highest BCUT2D eigenvalue weighted by molar-refractivity contribution is 6.31. The van der Waals surface area contributed by atoms with E-state index in [0.29, 0.717) is 54.3 Å². The number of H-pyrrole nitrogens is 1. The molecule has 0 bridgehead atoms. The molecule has 0 radical (unpaired) electrons. The van der Waals surface area contributed by atoms with Crippen molar-refractivity contribution in [2.75, 3.05) is 18.6 Å². The topological polar surface area (TPSA) is 83.1 Å². The highest BCUT2D eigenvalue weighted by Crippen LogP contribution is 2.37. The number of aromatic nitrogens is 3. The maximum absolute atomic E-state index is 13.5. The van der Waals surface area contributed by atoms with Crippen molar-refractivity contribution in [3.8, 4) is 0 Å². The minimum absolute atomic E-state index is 0.0142. The number of ether oxygens (including phenoxy) is 1. The van der Waals surface area contributed by atoms with Gasteiger partial charge in [0.2, 0.25) is 0 Å². The Labute approximate surface area is 205 Å². The van der Waals surface area contributed by atoms with Gasteiger partial charge in [-0.05, 0) is 49.9 Å². The zero-order chi connectivity index (χ0) is 24.7. The second-order valence-electron chi connectivity index (χ2n) is 9.11. The number of fused-ring (bicyclic) bond motifs is 2. The Hall–Kier alpha value is -2.85. The van der Waals surface area contributed by atoms with E-state index in [9.17, 15) is 18.0 Å². The van der Waals surface area contributed by atoms with E-state index in [4.69, 9.17) is 16.3 Å². The van der Waals surface area contributed by atoms with Crippen molar-refractivity contribution in [3.05, 3.63) is 51.9 Å². The molecule has 186 valence electrons. The lowest BCUT2D eigenvalue weighted by Gasteiger charge is -2.37. The van der Waals surface area contributed by atoms with Crippen LogP contribution in [0, 0.1) is 0 Å². The Balaban J connectivity index is 1.29. The van der Waals surface area contributed by atoms with Gasteiger partial charge < -0.3 is 15.0 Å². The maximum Gasteiger partial charge on any atom is 0.433 e. The van der Waals surface area contributed by atoms with Gasteiger partial charge >= 0.3 is 6.18 Å². The van der Waals surface area contributed by atoms with Gasteiger partial charge in [0.1, 0.15) is 5.69 Å². The van der Waals surface area contributed by atoms with Crippen LogP contribution >= 0.6 is 11.6 Å². The van der Waals surface area contributed by atoms with Crippen LogP contribution in [0.4, 0.5) is 18.9 Å². The van der Waals surface area contributed by atoms with Crippen LogP contribution < -0.4 is 10.2 Å². The molecule has 2 N–H and O–H groups in total. The van der Waals surface area contributed by atoms with E-state index in [2.05, 4.69) is 20.5 Å². The molecule has 0 saturated heterocycles. The minimum Gasteiger partial charge on any atom is -0.376 e. The molecule has 2 aliphatic rings. The zero-order valence-electron chi connectivity index (χ0n) is 19.1. The predicted octanol–water partition coefficient (Wildman–Crippen LogP) is 4.88. The number of nitrogens with zero attached hydrogens (tertiary/aromatic N) is 3. The van der Waals surface area contributed by atoms with Crippen molar-refractivity contribution < 1.29 is 22.7 Å². The normalized spacial score (nSPS) is 20.5. The zero-order valence-corrected chi connectivity index (χ0v) is 19.8. The average molecular weight is 508 g/mol. The van der Waals surface area contributed by atoms with Crippen LogP contribution in [0.3, 0.4) is 0 Å². The fourth-order valence-corrected chi connectivity index (χ4v) is 5.15. The van der Waals surface area contributed by atoms with E-state index in [1.54, 1.807) is 13.1 Å². The summed E-state index contributed by atoms with van der Waals surface area (Å²) in [5, 5.41) is 11.2. The largest absolute Gasteiger partial charge is 0.433 e. The fourth-order valence-electron chi connectivity index (χ4n) is 4.97. The Morgan fingerprint density at radius 2 is 2.00 bits per heavy atom. The third-order valence-corrected chi connectivity index (χ3v) is 7.14.